The van der Waals surface area contributed by atoms with Crippen LogP contribution in [0.3, 0.4) is 0 Å². The van der Waals surface area contributed by atoms with Gasteiger partial charge in [-0.05, 0) is 62.9 Å². The summed E-state index contributed by atoms with van der Waals surface area (Å²) in [6.07, 6.45) is 4.12. The zero-order chi connectivity index (χ0) is 22.5. The van der Waals surface area contributed by atoms with E-state index < -0.39 is 0 Å². The molecule has 2 fully saturated rings. The number of nitrogens with zero attached hydrogens (tertiary/aromatic N) is 3. The summed E-state index contributed by atoms with van der Waals surface area (Å²) >= 11 is 0. The molecule has 0 aliphatic carbocycles. The van der Waals surface area contributed by atoms with Gasteiger partial charge in [-0.3, -0.25) is 4.79 Å². The number of benzene rings is 2. The Morgan fingerprint density at radius 2 is 1.53 bits per heavy atom. The number of anilines is 3. The second-order valence-electron chi connectivity index (χ2n) is 8.75. The van der Waals surface area contributed by atoms with E-state index in [2.05, 4.69) is 10.2 Å². The molecule has 0 saturated carbocycles. The highest BCUT2D eigenvalue weighted by molar-refractivity contribution is 6.01. The number of amides is 3. The molecule has 2 aromatic rings. The highest BCUT2D eigenvalue weighted by Crippen LogP contribution is 2.27. The second-order valence-corrected chi connectivity index (χ2v) is 8.75. The number of nitrogen functional groups attached to an aromatic ring is 1. The van der Waals surface area contributed by atoms with Crippen LogP contribution in [0.2, 0.25) is 0 Å². The van der Waals surface area contributed by atoms with Crippen molar-refractivity contribution in [2.45, 2.75) is 32.6 Å². The van der Waals surface area contributed by atoms with Crippen LogP contribution in [0.5, 0.6) is 0 Å². The number of hydrogen-bond donors (Lipinski definition) is 2. The van der Waals surface area contributed by atoms with Gasteiger partial charge in [0.2, 0.25) is 0 Å². The maximum Gasteiger partial charge on any atom is 0.321 e. The van der Waals surface area contributed by atoms with Crippen LogP contribution in [-0.2, 0) is 0 Å². The lowest BCUT2D eigenvalue weighted by Crippen LogP contribution is -2.39. The SMILES string of the molecule is Cc1ccc(NC(=O)N2CCCN(c3ccc(N)cc3C(=O)N3CCCCC3)CC2)cc1. The predicted octanol–water partition coefficient (Wildman–Crippen LogP) is 3.95. The summed E-state index contributed by atoms with van der Waals surface area (Å²) in [4.78, 5) is 32.1. The maximum atomic E-state index is 13.3. The molecule has 2 aliphatic rings. The molecule has 2 aliphatic heterocycles. The molecule has 0 bridgehead atoms. The number of nitrogens with two attached hydrogens (primary N) is 1. The van der Waals surface area contributed by atoms with Crippen molar-refractivity contribution in [3.63, 3.8) is 0 Å². The Hall–Kier alpha value is -3.22. The van der Waals surface area contributed by atoms with Gasteiger partial charge in [0.25, 0.3) is 5.91 Å². The van der Waals surface area contributed by atoms with Crippen molar-refractivity contribution in [2.75, 3.05) is 55.2 Å². The Labute approximate surface area is 190 Å². The summed E-state index contributed by atoms with van der Waals surface area (Å²) in [5.41, 5.74) is 10.2. The number of piperidine rings is 1. The monoisotopic (exact) mass is 435 g/mol. The molecular weight excluding hydrogens is 402 g/mol. The number of likely N-dealkylation sites (tertiary alicyclic amines) is 1. The van der Waals surface area contributed by atoms with Gasteiger partial charge in [0, 0.05) is 56.3 Å². The zero-order valence-corrected chi connectivity index (χ0v) is 18.8. The van der Waals surface area contributed by atoms with Gasteiger partial charge in [-0.15, -0.1) is 0 Å². The molecule has 3 N–H and O–H groups in total. The molecule has 2 heterocycles. The summed E-state index contributed by atoms with van der Waals surface area (Å²) in [6, 6.07) is 13.3. The van der Waals surface area contributed by atoms with E-state index in [1.807, 2.05) is 53.1 Å². The summed E-state index contributed by atoms with van der Waals surface area (Å²) in [5.74, 6) is 0.0604. The number of rotatable bonds is 3. The Kier molecular flexibility index (Phi) is 6.83. The van der Waals surface area contributed by atoms with Crippen molar-refractivity contribution in [2.24, 2.45) is 0 Å². The van der Waals surface area contributed by atoms with Gasteiger partial charge in [-0.25, -0.2) is 4.79 Å². The quantitative estimate of drug-likeness (QED) is 0.716. The van der Waals surface area contributed by atoms with Gasteiger partial charge in [-0.1, -0.05) is 17.7 Å². The molecule has 7 nitrogen and oxygen atoms in total. The lowest BCUT2D eigenvalue weighted by molar-refractivity contribution is 0.0725. The topological polar surface area (TPSA) is 81.9 Å². The first kappa shape index (κ1) is 22.0. The van der Waals surface area contributed by atoms with Crippen LogP contribution in [-0.4, -0.2) is 61.0 Å². The van der Waals surface area contributed by atoms with Gasteiger partial charge in [0.1, 0.15) is 0 Å². The third-order valence-corrected chi connectivity index (χ3v) is 6.32. The molecular formula is C25H33N5O2. The first-order valence-electron chi connectivity index (χ1n) is 11.6. The van der Waals surface area contributed by atoms with Crippen LogP contribution < -0.4 is 16.0 Å². The fourth-order valence-corrected chi connectivity index (χ4v) is 4.47. The van der Waals surface area contributed by atoms with Gasteiger partial charge >= 0.3 is 6.03 Å². The lowest BCUT2D eigenvalue weighted by atomic mass is 10.1. The average Bonchev–Trinajstić information content (AvgIpc) is 3.07. The van der Waals surface area contributed by atoms with E-state index in [-0.39, 0.29) is 11.9 Å². The predicted molar refractivity (Wildman–Crippen MR) is 129 cm³/mol. The maximum absolute atomic E-state index is 13.3. The average molecular weight is 436 g/mol. The highest BCUT2D eigenvalue weighted by Gasteiger charge is 2.25. The lowest BCUT2D eigenvalue weighted by Gasteiger charge is -2.30. The minimum absolute atomic E-state index is 0.0604. The number of nitrogens with one attached hydrogen (secondary N) is 1. The molecule has 0 unspecified atom stereocenters. The molecule has 170 valence electrons. The van der Waals surface area contributed by atoms with Crippen LogP contribution in [0.15, 0.2) is 42.5 Å². The van der Waals surface area contributed by atoms with Crippen molar-refractivity contribution in [3.8, 4) is 0 Å². The third kappa shape index (κ3) is 5.15. The fourth-order valence-electron chi connectivity index (χ4n) is 4.47. The van der Waals surface area contributed by atoms with Crippen molar-refractivity contribution < 1.29 is 9.59 Å². The zero-order valence-electron chi connectivity index (χ0n) is 18.8. The number of carbonyl (C=O) groups is 2. The van der Waals surface area contributed by atoms with Crippen molar-refractivity contribution in [3.05, 3.63) is 53.6 Å². The van der Waals surface area contributed by atoms with Gasteiger partial charge in [0.05, 0.1) is 5.56 Å². The smallest absolute Gasteiger partial charge is 0.321 e. The van der Waals surface area contributed by atoms with Gasteiger partial charge in [-0.2, -0.15) is 0 Å². The number of carbonyl (C=O) groups excluding carboxylic acids is 2. The largest absolute Gasteiger partial charge is 0.399 e. The van der Waals surface area contributed by atoms with Gasteiger partial charge < -0.3 is 25.8 Å². The summed E-state index contributed by atoms with van der Waals surface area (Å²) in [6.45, 7) is 6.37. The summed E-state index contributed by atoms with van der Waals surface area (Å²) in [7, 11) is 0. The van der Waals surface area contributed by atoms with Crippen molar-refractivity contribution >= 4 is 29.0 Å². The van der Waals surface area contributed by atoms with E-state index in [1.54, 1.807) is 6.07 Å². The molecule has 0 aromatic heterocycles. The van der Waals surface area contributed by atoms with Gasteiger partial charge in [0.15, 0.2) is 0 Å². The Morgan fingerprint density at radius 1 is 0.812 bits per heavy atom. The summed E-state index contributed by atoms with van der Waals surface area (Å²) < 4.78 is 0. The van der Waals surface area contributed by atoms with E-state index >= 15 is 0 Å². The summed E-state index contributed by atoms with van der Waals surface area (Å²) in [5, 5.41) is 2.99. The van der Waals surface area contributed by atoms with Crippen LogP contribution in [0.25, 0.3) is 0 Å². The second kappa shape index (κ2) is 9.94. The van der Waals surface area contributed by atoms with Crippen LogP contribution in [0, 0.1) is 6.92 Å². The number of urea groups is 1. The first-order valence-corrected chi connectivity index (χ1v) is 11.6. The molecule has 3 amide bonds. The molecule has 0 atom stereocenters. The molecule has 7 heteroatoms. The van der Waals surface area contributed by atoms with E-state index in [1.165, 1.54) is 6.42 Å². The molecule has 0 radical (unpaired) electrons. The first-order chi connectivity index (χ1) is 15.5. The van der Waals surface area contributed by atoms with E-state index in [9.17, 15) is 9.59 Å². The minimum atomic E-state index is -0.0855. The Morgan fingerprint density at radius 3 is 2.28 bits per heavy atom. The van der Waals surface area contributed by atoms with Crippen LogP contribution in [0.1, 0.15) is 41.6 Å². The number of hydrogen-bond acceptors (Lipinski definition) is 4. The highest BCUT2D eigenvalue weighted by atomic mass is 16.2. The Bertz CT molecular complexity index is 953. The van der Waals surface area contributed by atoms with E-state index in [0.29, 0.717) is 30.9 Å². The normalized spacial score (nSPS) is 17.1. The third-order valence-electron chi connectivity index (χ3n) is 6.32. The molecule has 0 spiro atoms. The fraction of sp³-hybridized carbons (Fsp3) is 0.440. The molecule has 4 rings (SSSR count). The van der Waals surface area contributed by atoms with E-state index in [4.69, 9.17) is 5.73 Å². The molecule has 32 heavy (non-hydrogen) atoms. The standard InChI is InChI=1S/C25H33N5O2/c1-19-6-9-21(10-7-19)27-25(32)30-15-5-14-28(16-17-30)23-11-8-20(26)18-22(23)24(31)29-12-3-2-4-13-29/h6-11,18H,2-5,12-17,26H2,1H3,(H,27,32). The minimum Gasteiger partial charge on any atom is -0.399 e. The van der Waals surface area contributed by atoms with Crippen molar-refractivity contribution in [1.82, 2.24) is 9.80 Å². The van der Waals surface area contributed by atoms with Crippen molar-refractivity contribution in [1.29, 1.82) is 0 Å². The van der Waals surface area contributed by atoms with Crippen LogP contribution >= 0.6 is 0 Å². The molecule has 2 aromatic carbocycles. The van der Waals surface area contributed by atoms with Crippen LogP contribution in [0.4, 0.5) is 21.9 Å². The molecule has 2 saturated heterocycles. The van der Waals surface area contributed by atoms with E-state index in [0.717, 1.165) is 55.8 Å². The Balaban J connectivity index is 1.45. The number of aryl methyl sites for hydroxylation is 1.